The fourth-order valence-electron chi connectivity index (χ4n) is 4.87. The first-order chi connectivity index (χ1) is 21.0. The smallest absolute Gasteiger partial charge is 0.314 e. The third-order valence-electron chi connectivity index (χ3n) is 7.67. The van der Waals surface area contributed by atoms with Crippen molar-refractivity contribution in [3.05, 3.63) is 0 Å². The van der Waals surface area contributed by atoms with Crippen molar-refractivity contribution >= 4 is 0 Å². The van der Waals surface area contributed by atoms with E-state index in [1.165, 1.54) is 0 Å². The Morgan fingerprint density at radius 2 is 0.457 bits per heavy atom. The molecule has 3 rings (SSSR count). The number of fused-ring (bicyclic) bond motifs is 21. The molecule has 0 aromatic rings. The van der Waals surface area contributed by atoms with Crippen LogP contribution in [0.25, 0.3) is 0 Å². The molecule has 0 amide bonds. The van der Waals surface area contributed by atoms with Gasteiger partial charge in [0.15, 0.2) is 0 Å². The van der Waals surface area contributed by atoms with Gasteiger partial charge in [-0.05, 0) is 0 Å². The summed E-state index contributed by atoms with van der Waals surface area (Å²) in [7, 11) is 0. The first kappa shape index (κ1) is 40.8. The second-order valence-corrected chi connectivity index (χ2v) is 10.7. The Morgan fingerprint density at radius 1 is 0.261 bits per heavy atom. The van der Waals surface area contributed by atoms with Gasteiger partial charge in [0.25, 0.3) is 0 Å². The van der Waals surface area contributed by atoms with Crippen LogP contribution in [0.2, 0.25) is 0 Å². The van der Waals surface area contributed by atoms with E-state index in [0.717, 1.165) is 9.80 Å². The molecule has 3 heterocycles. The van der Waals surface area contributed by atoms with Crippen LogP contribution in [0.1, 0.15) is 0 Å². The maximum atomic E-state index is 13.8. The Balaban J connectivity index is 2.55. The standard InChI is InChI=1S/C23H37F15N8/c24-19(25,26)42-4-2-39-1-3-40-5-11-43(20(27,28)29)15-17-45(22(33,34)35)13-8-41(7-10-42)9-14-46(23(36,37)38)18-16-44(12-6-40)21(30,31)32/h39H,1-18H2. The van der Waals surface area contributed by atoms with Gasteiger partial charge < -0.3 is 5.32 Å². The maximum Gasteiger partial charge on any atom is 0.460 e. The maximum absolute atomic E-state index is 13.8. The Labute approximate surface area is 255 Å². The first-order valence-electron chi connectivity index (χ1n) is 14.2. The highest BCUT2D eigenvalue weighted by molar-refractivity contribution is 4.77. The molecular formula is C23H37F15N8. The molecule has 2 bridgehead atoms. The van der Waals surface area contributed by atoms with Crippen LogP contribution in [0, 0.1) is 0 Å². The molecule has 274 valence electrons. The van der Waals surface area contributed by atoms with Crippen molar-refractivity contribution < 1.29 is 65.9 Å². The molecule has 0 radical (unpaired) electrons. The summed E-state index contributed by atoms with van der Waals surface area (Å²) in [5.74, 6) is 0. The summed E-state index contributed by atoms with van der Waals surface area (Å²) < 4.78 is 207. The van der Waals surface area contributed by atoms with Crippen LogP contribution in [-0.4, -0.2) is 184 Å². The lowest BCUT2D eigenvalue weighted by molar-refractivity contribution is -0.269. The van der Waals surface area contributed by atoms with Gasteiger partial charge in [-0.15, -0.1) is 0 Å². The van der Waals surface area contributed by atoms with Crippen molar-refractivity contribution in [3.63, 3.8) is 0 Å². The molecule has 3 aliphatic rings. The zero-order valence-corrected chi connectivity index (χ0v) is 24.5. The topological polar surface area (TPSA) is 34.7 Å². The molecule has 8 nitrogen and oxygen atoms in total. The minimum atomic E-state index is -5.20. The lowest BCUT2D eigenvalue weighted by Gasteiger charge is -2.36. The minimum Gasteiger partial charge on any atom is -0.314 e. The van der Waals surface area contributed by atoms with E-state index in [2.05, 4.69) is 5.32 Å². The van der Waals surface area contributed by atoms with Crippen LogP contribution in [0.3, 0.4) is 0 Å². The molecule has 0 aromatic carbocycles. The minimum absolute atomic E-state index is 0.0164. The largest absolute Gasteiger partial charge is 0.460 e. The molecule has 0 aliphatic carbocycles. The van der Waals surface area contributed by atoms with Crippen LogP contribution < -0.4 is 5.32 Å². The molecule has 0 saturated carbocycles. The zero-order chi connectivity index (χ0) is 35.0. The molecule has 0 atom stereocenters. The Morgan fingerprint density at radius 3 is 0.717 bits per heavy atom. The molecule has 0 unspecified atom stereocenters. The van der Waals surface area contributed by atoms with Crippen molar-refractivity contribution in [1.82, 2.24) is 39.6 Å². The number of nitrogens with zero attached hydrogens (tertiary/aromatic N) is 7. The summed E-state index contributed by atoms with van der Waals surface area (Å²) in [6.07, 6.45) is -25.5. The van der Waals surface area contributed by atoms with Crippen LogP contribution in [0.15, 0.2) is 0 Å². The van der Waals surface area contributed by atoms with Crippen LogP contribution in [0.4, 0.5) is 65.9 Å². The van der Waals surface area contributed by atoms with Crippen LogP contribution >= 0.6 is 0 Å². The third kappa shape index (κ3) is 14.4. The second kappa shape index (κ2) is 16.8. The van der Waals surface area contributed by atoms with Crippen molar-refractivity contribution in [3.8, 4) is 0 Å². The predicted octanol–water partition coefficient (Wildman–Crippen LogP) is 3.32. The highest BCUT2D eigenvalue weighted by atomic mass is 19.4. The normalized spacial score (nSPS) is 26.7. The molecule has 3 saturated heterocycles. The lowest BCUT2D eigenvalue weighted by Crippen LogP contribution is -2.54. The van der Waals surface area contributed by atoms with Crippen LogP contribution in [-0.2, 0) is 0 Å². The quantitative estimate of drug-likeness (QED) is 0.304. The van der Waals surface area contributed by atoms with Crippen molar-refractivity contribution in [1.29, 1.82) is 0 Å². The van der Waals surface area contributed by atoms with Crippen molar-refractivity contribution in [2.45, 2.75) is 31.5 Å². The fraction of sp³-hybridized carbons (Fsp3) is 1.00. The molecule has 0 aromatic heterocycles. The van der Waals surface area contributed by atoms with E-state index in [4.69, 9.17) is 0 Å². The summed E-state index contributed by atoms with van der Waals surface area (Å²) in [6.45, 7) is -14.9. The van der Waals surface area contributed by atoms with Crippen molar-refractivity contribution in [2.75, 3.05) is 118 Å². The molecule has 0 spiro atoms. The Bertz CT molecular complexity index is 826. The van der Waals surface area contributed by atoms with E-state index in [1.807, 2.05) is 0 Å². The number of halogens is 15. The Kier molecular flexibility index (Phi) is 14.9. The lowest BCUT2D eigenvalue weighted by atomic mass is 10.3. The average molecular weight is 711 g/mol. The van der Waals surface area contributed by atoms with Gasteiger partial charge in [-0.2, -0.15) is 65.9 Å². The fourth-order valence-corrected chi connectivity index (χ4v) is 4.87. The number of hydrogen-bond donors (Lipinski definition) is 1. The van der Waals surface area contributed by atoms with Gasteiger partial charge in [-0.1, -0.05) is 0 Å². The molecule has 23 heteroatoms. The summed E-state index contributed by atoms with van der Waals surface area (Å²) >= 11 is 0. The summed E-state index contributed by atoms with van der Waals surface area (Å²) in [5.41, 5.74) is 0. The van der Waals surface area contributed by atoms with Gasteiger partial charge in [0.2, 0.25) is 0 Å². The van der Waals surface area contributed by atoms with Gasteiger partial charge in [0.1, 0.15) is 0 Å². The first-order valence-corrected chi connectivity index (χ1v) is 14.2. The number of alkyl halides is 15. The van der Waals surface area contributed by atoms with Gasteiger partial charge in [0, 0.05) is 118 Å². The number of hydrogen-bond acceptors (Lipinski definition) is 8. The van der Waals surface area contributed by atoms with E-state index < -0.39 is 130 Å². The van der Waals surface area contributed by atoms with Crippen LogP contribution in [0.5, 0.6) is 0 Å². The van der Waals surface area contributed by atoms with E-state index in [-0.39, 0.29) is 44.1 Å². The summed E-state index contributed by atoms with van der Waals surface area (Å²) in [4.78, 5) is 0.882. The number of rotatable bonds is 0. The third-order valence-corrected chi connectivity index (χ3v) is 7.67. The highest BCUT2D eigenvalue weighted by Gasteiger charge is 2.44. The molecular weight excluding hydrogens is 673 g/mol. The number of nitrogens with one attached hydrogen (secondary N) is 1. The van der Waals surface area contributed by atoms with Gasteiger partial charge in [-0.25, -0.2) is 24.5 Å². The van der Waals surface area contributed by atoms with Gasteiger partial charge in [0.05, 0.1) is 0 Å². The average Bonchev–Trinajstić information content (AvgIpc) is 2.87. The van der Waals surface area contributed by atoms with E-state index in [1.54, 1.807) is 0 Å². The molecule has 3 aliphatic heterocycles. The molecule has 3 fully saturated rings. The van der Waals surface area contributed by atoms with E-state index in [0.29, 0.717) is 0 Å². The van der Waals surface area contributed by atoms with Gasteiger partial charge in [-0.3, -0.25) is 9.80 Å². The molecule has 46 heavy (non-hydrogen) atoms. The predicted molar refractivity (Wildman–Crippen MR) is 134 cm³/mol. The second-order valence-electron chi connectivity index (χ2n) is 10.7. The molecule has 1 N–H and O–H groups in total. The van der Waals surface area contributed by atoms with Crippen molar-refractivity contribution in [2.24, 2.45) is 0 Å². The SMILES string of the molecule is FC(F)(F)N1CCNCCN2CCN(C(F)(F)F)CCN(C(F)(F)F)CCN(CC1)CCN(C(F)(F)F)CCN(C(F)(F)F)CC2. The van der Waals surface area contributed by atoms with E-state index >= 15 is 0 Å². The summed E-state index contributed by atoms with van der Waals surface area (Å²) in [6, 6.07) is 0. The van der Waals surface area contributed by atoms with Gasteiger partial charge >= 0.3 is 31.5 Å². The Hall–Kier alpha value is -1.37. The summed E-state index contributed by atoms with van der Waals surface area (Å²) in [5, 5.41) is 2.66. The zero-order valence-electron chi connectivity index (χ0n) is 24.5. The monoisotopic (exact) mass is 710 g/mol. The van der Waals surface area contributed by atoms with E-state index in [9.17, 15) is 65.9 Å². The highest BCUT2D eigenvalue weighted by Crippen LogP contribution is 2.27.